The number of nitrogens with one attached hydrogen (secondary N) is 2. The number of hydrogen-bond donors (Lipinski definition) is 5. The zero-order chi connectivity index (χ0) is 22.6. The van der Waals surface area contributed by atoms with Gasteiger partial charge in [0.25, 0.3) is 0 Å². The van der Waals surface area contributed by atoms with Crippen molar-refractivity contribution >= 4 is 45.6 Å². The third-order valence-corrected chi connectivity index (χ3v) is 3.93. The Hall–Kier alpha value is -4.30. The van der Waals surface area contributed by atoms with Crippen molar-refractivity contribution in [2.75, 3.05) is 10.6 Å². The fraction of sp³-hybridized carbons (Fsp3) is 0. The molecule has 0 bridgehead atoms. The topological polar surface area (TPSA) is 201 Å². The Morgan fingerprint density at radius 3 is 1.45 bits per heavy atom. The second-order valence-corrected chi connectivity index (χ2v) is 6.81. The molecule has 1 heterocycles. The van der Waals surface area contributed by atoms with Crippen molar-refractivity contribution < 1.29 is 37.0 Å². The van der Waals surface area contributed by atoms with E-state index in [4.69, 9.17) is 14.8 Å². The Kier molecular flexibility index (Phi) is 5.94. The molecule has 0 saturated heterocycles. The number of benzene rings is 2. The average Bonchev–Trinajstić information content (AvgIpc) is 2.67. The van der Waals surface area contributed by atoms with Crippen LogP contribution in [-0.2, 0) is 10.4 Å². The van der Waals surface area contributed by atoms with Gasteiger partial charge >= 0.3 is 28.3 Å². The lowest BCUT2D eigenvalue weighted by molar-refractivity contribution is 0.0686. The number of carboxylic acid groups (broad SMARTS) is 2. The molecule has 0 fully saturated rings. The maximum atomic E-state index is 11.0. The molecule has 0 aliphatic heterocycles. The summed E-state index contributed by atoms with van der Waals surface area (Å²) >= 11 is 0. The number of aromatic nitrogens is 3. The minimum atomic E-state index is -4.93. The predicted octanol–water partition coefficient (Wildman–Crippen LogP) is 1.94. The van der Waals surface area contributed by atoms with Crippen LogP contribution >= 0.6 is 0 Å². The Balaban J connectivity index is 1.90. The van der Waals surface area contributed by atoms with E-state index in [0.29, 0.717) is 11.4 Å². The van der Waals surface area contributed by atoms with Crippen molar-refractivity contribution in [2.45, 2.75) is 0 Å². The molecule has 13 nitrogen and oxygen atoms in total. The van der Waals surface area contributed by atoms with Crippen molar-refractivity contribution in [3.63, 3.8) is 0 Å². The average molecular weight is 447 g/mol. The van der Waals surface area contributed by atoms with Crippen LogP contribution in [0.15, 0.2) is 48.5 Å². The van der Waals surface area contributed by atoms with Crippen molar-refractivity contribution in [3.05, 3.63) is 59.7 Å². The van der Waals surface area contributed by atoms with Gasteiger partial charge in [0.1, 0.15) is 0 Å². The molecule has 1 aromatic heterocycles. The number of rotatable bonds is 8. The number of carbonyl (C=O) groups is 2. The van der Waals surface area contributed by atoms with E-state index in [9.17, 15) is 18.0 Å². The normalized spacial score (nSPS) is 10.9. The van der Waals surface area contributed by atoms with E-state index in [-0.39, 0.29) is 23.0 Å². The van der Waals surface area contributed by atoms with Crippen LogP contribution in [0.2, 0.25) is 0 Å². The largest absolute Gasteiger partial charge is 0.478 e. The molecule has 2 aromatic carbocycles. The summed E-state index contributed by atoms with van der Waals surface area (Å²) in [5.74, 6) is -2.62. The molecule has 3 rings (SSSR count). The van der Waals surface area contributed by atoms with Crippen LogP contribution < -0.4 is 14.8 Å². The van der Waals surface area contributed by atoms with Crippen molar-refractivity contribution in [2.24, 2.45) is 0 Å². The van der Waals surface area contributed by atoms with Crippen LogP contribution in [-0.4, -0.2) is 50.1 Å². The van der Waals surface area contributed by atoms with Crippen molar-refractivity contribution in [1.82, 2.24) is 15.0 Å². The van der Waals surface area contributed by atoms with Gasteiger partial charge in [-0.25, -0.2) is 9.59 Å². The monoisotopic (exact) mass is 447 g/mol. The van der Waals surface area contributed by atoms with Gasteiger partial charge in [-0.15, -0.1) is 0 Å². The molecule has 0 spiro atoms. The third-order valence-electron chi connectivity index (χ3n) is 3.57. The SMILES string of the molecule is O=C(O)c1ccc(Nc2nc(Nc3ccc(C(=O)O)cc3)nc(OS(=O)(=O)O)n2)cc1. The molecule has 0 aliphatic rings. The van der Waals surface area contributed by atoms with Crippen molar-refractivity contribution in [1.29, 1.82) is 0 Å². The zero-order valence-corrected chi connectivity index (χ0v) is 16.1. The van der Waals surface area contributed by atoms with Crippen LogP contribution in [0.4, 0.5) is 23.3 Å². The molecular formula is C17H13N5O8S. The van der Waals surface area contributed by atoms with E-state index >= 15 is 0 Å². The molecule has 160 valence electrons. The standard InChI is InChI=1S/C17H13N5O8S/c23-13(24)9-1-5-11(6-2-9)18-15-20-16(22-17(21-15)30-31(27,28)29)19-12-7-3-10(4-8-12)14(25)26/h1-8H,(H,23,24)(H,25,26)(H,27,28,29)(H2,18,19,20,21,22). The van der Waals surface area contributed by atoms with Gasteiger partial charge in [-0.05, 0) is 48.5 Å². The quantitative estimate of drug-likeness (QED) is 0.314. The molecule has 14 heteroatoms. The van der Waals surface area contributed by atoms with E-state index in [1.54, 1.807) is 0 Å². The smallest absolute Gasteiger partial charge is 0.449 e. The summed E-state index contributed by atoms with van der Waals surface area (Å²) in [5, 5.41) is 23.3. The van der Waals surface area contributed by atoms with Gasteiger partial charge in [0.2, 0.25) is 11.9 Å². The van der Waals surface area contributed by atoms with E-state index in [2.05, 4.69) is 29.8 Å². The molecule has 31 heavy (non-hydrogen) atoms. The fourth-order valence-electron chi connectivity index (χ4n) is 2.25. The number of hydrogen-bond acceptors (Lipinski definition) is 10. The first-order valence-corrected chi connectivity index (χ1v) is 9.59. The molecule has 0 aliphatic carbocycles. The molecular weight excluding hydrogens is 434 g/mol. The van der Waals surface area contributed by atoms with Crippen molar-refractivity contribution in [3.8, 4) is 6.01 Å². The molecule has 3 aromatic rings. The van der Waals surface area contributed by atoms with Crippen LogP contribution in [0.25, 0.3) is 0 Å². The Labute approximate surface area is 174 Å². The minimum Gasteiger partial charge on any atom is -0.478 e. The molecule has 0 amide bonds. The first kappa shape index (κ1) is 21.4. The second kappa shape index (κ2) is 8.60. The van der Waals surface area contributed by atoms with Gasteiger partial charge < -0.3 is 25.0 Å². The summed E-state index contributed by atoms with van der Waals surface area (Å²) in [5.41, 5.74) is 0.823. The second-order valence-electron chi connectivity index (χ2n) is 5.79. The highest BCUT2D eigenvalue weighted by Crippen LogP contribution is 2.21. The minimum absolute atomic E-state index is 0.0451. The van der Waals surface area contributed by atoms with E-state index in [1.807, 2.05) is 0 Å². The van der Waals surface area contributed by atoms with Gasteiger partial charge in [0, 0.05) is 11.4 Å². The number of carboxylic acids is 2. The van der Waals surface area contributed by atoms with Crippen LogP contribution in [0.1, 0.15) is 20.7 Å². The zero-order valence-electron chi connectivity index (χ0n) is 15.3. The summed E-state index contributed by atoms with van der Waals surface area (Å²) in [6, 6.07) is 10.2. The highest BCUT2D eigenvalue weighted by molar-refractivity contribution is 7.81. The van der Waals surface area contributed by atoms with Gasteiger partial charge in [-0.3, -0.25) is 4.55 Å². The summed E-state index contributed by atoms with van der Waals surface area (Å²) in [4.78, 5) is 33.3. The van der Waals surface area contributed by atoms with Gasteiger partial charge in [0.05, 0.1) is 11.1 Å². The molecule has 0 radical (unpaired) electrons. The predicted molar refractivity (Wildman–Crippen MR) is 105 cm³/mol. The number of aromatic carboxylic acids is 2. The lowest BCUT2D eigenvalue weighted by Gasteiger charge is -2.10. The highest BCUT2D eigenvalue weighted by atomic mass is 32.3. The Morgan fingerprint density at radius 2 is 1.13 bits per heavy atom. The van der Waals surface area contributed by atoms with E-state index in [0.717, 1.165) is 0 Å². The first-order chi connectivity index (χ1) is 14.6. The highest BCUT2D eigenvalue weighted by Gasteiger charge is 2.15. The maximum absolute atomic E-state index is 11.0. The third kappa shape index (κ3) is 6.09. The molecule has 5 N–H and O–H groups in total. The summed E-state index contributed by atoms with van der Waals surface area (Å²) in [7, 11) is -4.93. The maximum Gasteiger partial charge on any atom is 0.449 e. The van der Waals surface area contributed by atoms with Crippen LogP contribution in [0.5, 0.6) is 6.01 Å². The van der Waals surface area contributed by atoms with Crippen LogP contribution in [0, 0.1) is 0 Å². The van der Waals surface area contributed by atoms with Crippen LogP contribution in [0.3, 0.4) is 0 Å². The Bertz CT molecular complexity index is 1150. The summed E-state index contributed by atoms with van der Waals surface area (Å²) in [6.07, 6.45) is 0. The van der Waals surface area contributed by atoms with Gasteiger partial charge in [0.15, 0.2) is 0 Å². The fourth-order valence-corrected chi connectivity index (χ4v) is 2.51. The molecule has 0 atom stereocenters. The summed E-state index contributed by atoms with van der Waals surface area (Å²) < 4.78 is 35.2. The number of anilines is 4. The van der Waals surface area contributed by atoms with Gasteiger partial charge in [-0.1, -0.05) is 0 Å². The molecule has 0 unspecified atom stereocenters. The van der Waals surface area contributed by atoms with E-state index in [1.165, 1.54) is 48.5 Å². The van der Waals surface area contributed by atoms with Gasteiger partial charge in [-0.2, -0.15) is 23.4 Å². The number of nitrogens with zero attached hydrogens (tertiary/aromatic N) is 3. The van der Waals surface area contributed by atoms with E-state index < -0.39 is 28.3 Å². The Morgan fingerprint density at radius 1 is 0.742 bits per heavy atom. The lowest BCUT2D eigenvalue weighted by atomic mass is 10.2. The first-order valence-electron chi connectivity index (χ1n) is 8.23. The summed E-state index contributed by atoms with van der Waals surface area (Å²) in [6.45, 7) is 0. The lowest BCUT2D eigenvalue weighted by Crippen LogP contribution is -2.12. The molecule has 0 saturated carbocycles.